The summed E-state index contributed by atoms with van der Waals surface area (Å²) in [5.41, 5.74) is 2.20. The number of imidazole rings is 1. The molecule has 86 valence electrons. The lowest BCUT2D eigenvalue weighted by Crippen LogP contribution is -1.83. The van der Waals surface area contributed by atoms with Gasteiger partial charge in [-0.15, -0.1) is 0 Å². The molecular weight excluding hydrogens is 226 g/mol. The van der Waals surface area contributed by atoms with Crippen molar-refractivity contribution in [3.8, 4) is 6.07 Å². The van der Waals surface area contributed by atoms with Crippen molar-refractivity contribution in [2.45, 2.75) is 0 Å². The standard InChI is InChI=1S/C14H9N3O/c15-9-10(8-11-4-3-7-18-11)14-16-12-5-1-2-6-13(12)17-14/h1-8H,(H,16,17)/b10-8+. The quantitative estimate of drug-likeness (QED) is 0.693. The zero-order chi connectivity index (χ0) is 12.4. The average molecular weight is 235 g/mol. The number of aromatic nitrogens is 2. The molecule has 0 amide bonds. The van der Waals surface area contributed by atoms with E-state index in [0.717, 1.165) is 11.0 Å². The highest BCUT2D eigenvalue weighted by Gasteiger charge is 2.07. The molecule has 3 rings (SSSR count). The van der Waals surface area contributed by atoms with E-state index in [1.807, 2.05) is 24.3 Å². The molecule has 0 aliphatic carbocycles. The van der Waals surface area contributed by atoms with Gasteiger partial charge in [0, 0.05) is 6.08 Å². The summed E-state index contributed by atoms with van der Waals surface area (Å²) in [6, 6.07) is 13.4. The summed E-state index contributed by atoms with van der Waals surface area (Å²) >= 11 is 0. The summed E-state index contributed by atoms with van der Waals surface area (Å²) in [5.74, 6) is 1.18. The Morgan fingerprint density at radius 3 is 2.89 bits per heavy atom. The first kappa shape index (κ1) is 10.4. The van der Waals surface area contributed by atoms with Gasteiger partial charge in [0.1, 0.15) is 17.7 Å². The first-order valence-corrected chi connectivity index (χ1v) is 5.47. The second-order valence-electron chi connectivity index (χ2n) is 3.79. The van der Waals surface area contributed by atoms with Crippen LogP contribution in [-0.2, 0) is 0 Å². The van der Waals surface area contributed by atoms with Gasteiger partial charge < -0.3 is 9.40 Å². The van der Waals surface area contributed by atoms with Crippen molar-refractivity contribution in [2.24, 2.45) is 0 Å². The third-order valence-electron chi connectivity index (χ3n) is 2.59. The van der Waals surface area contributed by atoms with E-state index in [0.29, 0.717) is 17.2 Å². The molecule has 0 unspecified atom stereocenters. The summed E-state index contributed by atoms with van der Waals surface area (Å²) in [6.07, 6.45) is 3.23. The van der Waals surface area contributed by atoms with Crippen molar-refractivity contribution in [3.63, 3.8) is 0 Å². The number of benzene rings is 1. The van der Waals surface area contributed by atoms with Crippen LogP contribution in [0, 0.1) is 11.3 Å². The molecule has 4 heteroatoms. The van der Waals surface area contributed by atoms with Crippen molar-refractivity contribution in [1.29, 1.82) is 5.26 Å². The molecule has 0 atom stereocenters. The lowest BCUT2D eigenvalue weighted by atomic mass is 10.2. The largest absolute Gasteiger partial charge is 0.465 e. The van der Waals surface area contributed by atoms with Crippen LogP contribution in [0.3, 0.4) is 0 Å². The van der Waals surface area contributed by atoms with Gasteiger partial charge in [-0.3, -0.25) is 0 Å². The van der Waals surface area contributed by atoms with Crippen molar-refractivity contribution >= 4 is 22.7 Å². The Kier molecular flexibility index (Phi) is 2.43. The number of allylic oxidation sites excluding steroid dienone is 1. The van der Waals surface area contributed by atoms with Crippen molar-refractivity contribution in [2.75, 3.05) is 0 Å². The number of hydrogen-bond donors (Lipinski definition) is 1. The number of nitrogens with one attached hydrogen (secondary N) is 1. The van der Waals surface area contributed by atoms with Crippen LogP contribution >= 0.6 is 0 Å². The van der Waals surface area contributed by atoms with Gasteiger partial charge in [-0.05, 0) is 24.3 Å². The summed E-state index contributed by atoms with van der Waals surface area (Å²) in [4.78, 5) is 7.49. The van der Waals surface area contributed by atoms with Crippen LogP contribution in [-0.4, -0.2) is 9.97 Å². The molecule has 0 aliphatic heterocycles. The number of nitrogens with zero attached hydrogens (tertiary/aromatic N) is 2. The van der Waals surface area contributed by atoms with Crippen LogP contribution in [0.15, 0.2) is 47.1 Å². The zero-order valence-corrected chi connectivity index (χ0v) is 9.42. The number of furan rings is 1. The van der Waals surface area contributed by atoms with E-state index >= 15 is 0 Å². The average Bonchev–Trinajstić information content (AvgIpc) is 3.04. The Bertz CT molecular complexity index is 712. The molecule has 0 radical (unpaired) electrons. The van der Waals surface area contributed by atoms with Gasteiger partial charge in [-0.1, -0.05) is 12.1 Å². The smallest absolute Gasteiger partial charge is 0.149 e. The van der Waals surface area contributed by atoms with Gasteiger partial charge in [0.2, 0.25) is 0 Å². The Morgan fingerprint density at radius 2 is 2.17 bits per heavy atom. The molecule has 0 aliphatic rings. The van der Waals surface area contributed by atoms with E-state index in [2.05, 4.69) is 16.0 Å². The lowest BCUT2D eigenvalue weighted by molar-refractivity contribution is 0.557. The normalized spacial score (nSPS) is 11.6. The first-order valence-electron chi connectivity index (χ1n) is 5.47. The summed E-state index contributed by atoms with van der Waals surface area (Å²) in [5, 5.41) is 9.18. The number of nitriles is 1. The topological polar surface area (TPSA) is 65.6 Å². The number of para-hydroxylation sites is 2. The van der Waals surface area contributed by atoms with Crippen LogP contribution < -0.4 is 0 Å². The fourth-order valence-electron chi connectivity index (χ4n) is 1.75. The molecular formula is C14H9N3O. The molecule has 3 aromatic rings. The second kappa shape index (κ2) is 4.22. The fraction of sp³-hybridized carbons (Fsp3) is 0. The van der Waals surface area contributed by atoms with Gasteiger partial charge in [-0.2, -0.15) is 5.26 Å². The Balaban J connectivity index is 2.09. The third-order valence-corrected chi connectivity index (χ3v) is 2.59. The zero-order valence-electron chi connectivity index (χ0n) is 9.42. The molecule has 2 heterocycles. The van der Waals surface area contributed by atoms with Crippen molar-refractivity contribution in [3.05, 3.63) is 54.2 Å². The molecule has 2 aromatic heterocycles. The maximum absolute atomic E-state index is 9.18. The Labute approximate surface area is 103 Å². The van der Waals surface area contributed by atoms with Crippen LogP contribution in [0.5, 0.6) is 0 Å². The molecule has 4 nitrogen and oxygen atoms in total. The molecule has 0 fully saturated rings. The van der Waals surface area contributed by atoms with Gasteiger partial charge >= 0.3 is 0 Å². The number of rotatable bonds is 2. The van der Waals surface area contributed by atoms with Crippen LogP contribution in [0.4, 0.5) is 0 Å². The highest BCUT2D eigenvalue weighted by molar-refractivity contribution is 5.89. The predicted octanol–water partition coefficient (Wildman–Crippen LogP) is 3.22. The fourth-order valence-corrected chi connectivity index (χ4v) is 1.75. The first-order chi connectivity index (χ1) is 8.86. The highest BCUT2D eigenvalue weighted by atomic mass is 16.3. The van der Waals surface area contributed by atoms with Crippen LogP contribution in [0.2, 0.25) is 0 Å². The molecule has 0 saturated heterocycles. The lowest BCUT2D eigenvalue weighted by Gasteiger charge is -1.91. The second-order valence-corrected chi connectivity index (χ2v) is 3.79. The van der Waals surface area contributed by atoms with Crippen molar-refractivity contribution < 1.29 is 4.42 Å². The van der Waals surface area contributed by atoms with Crippen molar-refractivity contribution in [1.82, 2.24) is 9.97 Å². The third kappa shape index (κ3) is 1.78. The molecule has 1 N–H and O–H groups in total. The number of aromatic amines is 1. The van der Waals surface area contributed by atoms with E-state index < -0.39 is 0 Å². The monoisotopic (exact) mass is 235 g/mol. The summed E-state index contributed by atoms with van der Waals surface area (Å²) in [7, 11) is 0. The molecule has 0 bridgehead atoms. The SMILES string of the molecule is N#C/C(=C\c1ccco1)c1nc2ccccc2[nH]1. The molecule has 1 aromatic carbocycles. The minimum absolute atomic E-state index is 0.446. The number of fused-ring (bicyclic) bond motifs is 1. The minimum Gasteiger partial charge on any atom is -0.465 e. The van der Waals surface area contributed by atoms with E-state index in [4.69, 9.17) is 4.42 Å². The van der Waals surface area contributed by atoms with E-state index in [1.165, 1.54) is 0 Å². The maximum Gasteiger partial charge on any atom is 0.149 e. The van der Waals surface area contributed by atoms with Gasteiger partial charge in [0.15, 0.2) is 0 Å². The van der Waals surface area contributed by atoms with Gasteiger partial charge in [-0.25, -0.2) is 4.98 Å². The summed E-state index contributed by atoms with van der Waals surface area (Å²) in [6.45, 7) is 0. The minimum atomic E-state index is 0.446. The number of hydrogen-bond acceptors (Lipinski definition) is 3. The molecule has 0 spiro atoms. The summed E-state index contributed by atoms with van der Waals surface area (Å²) < 4.78 is 5.19. The predicted molar refractivity (Wildman–Crippen MR) is 68.3 cm³/mol. The van der Waals surface area contributed by atoms with E-state index in [9.17, 15) is 5.26 Å². The van der Waals surface area contributed by atoms with Crippen LogP contribution in [0.25, 0.3) is 22.7 Å². The highest BCUT2D eigenvalue weighted by Crippen LogP contribution is 2.18. The van der Waals surface area contributed by atoms with E-state index in [1.54, 1.807) is 24.5 Å². The maximum atomic E-state index is 9.18. The number of H-pyrrole nitrogens is 1. The van der Waals surface area contributed by atoms with E-state index in [-0.39, 0.29) is 0 Å². The Morgan fingerprint density at radius 1 is 1.28 bits per heavy atom. The molecule has 18 heavy (non-hydrogen) atoms. The van der Waals surface area contributed by atoms with Crippen LogP contribution in [0.1, 0.15) is 11.6 Å². The van der Waals surface area contributed by atoms with Gasteiger partial charge in [0.05, 0.1) is 22.9 Å². The van der Waals surface area contributed by atoms with Gasteiger partial charge in [0.25, 0.3) is 0 Å². The molecule has 0 saturated carbocycles. The Hall–Kier alpha value is -2.80.